The van der Waals surface area contributed by atoms with Gasteiger partial charge in [-0.05, 0) is 49.7 Å². The number of carbonyl (C=O) groups is 3. The maximum atomic E-state index is 12.6. The van der Waals surface area contributed by atoms with Gasteiger partial charge in [0.15, 0.2) is 0 Å². The van der Waals surface area contributed by atoms with Crippen molar-refractivity contribution in [3.05, 3.63) is 30.1 Å². The van der Waals surface area contributed by atoms with Crippen LogP contribution in [0, 0.1) is 5.92 Å². The van der Waals surface area contributed by atoms with Gasteiger partial charge in [0.05, 0.1) is 6.61 Å². The number of nitrogens with zero attached hydrogens (tertiary/aromatic N) is 2. The van der Waals surface area contributed by atoms with E-state index in [4.69, 9.17) is 4.74 Å². The molecule has 1 amide bonds. The van der Waals surface area contributed by atoms with E-state index in [0.29, 0.717) is 26.0 Å². The summed E-state index contributed by atoms with van der Waals surface area (Å²) in [5.74, 6) is -0.393. The minimum Gasteiger partial charge on any atom is -0.464 e. The second kappa shape index (κ2) is 13.3. The Kier molecular flexibility index (Phi) is 10.2. The van der Waals surface area contributed by atoms with Crippen LogP contribution < -0.4 is 0 Å². The van der Waals surface area contributed by atoms with Crippen molar-refractivity contribution >= 4 is 17.7 Å². The summed E-state index contributed by atoms with van der Waals surface area (Å²) >= 11 is 0. The summed E-state index contributed by atoms with van der Waals surface area (Å²) in [5, 5.41) is 0. The van der Waals surface area contributed by atoms with Crippen molar-refractivity contribution in [1.29, 1.82) is 0 Å². The Morgan fingerprint density at radius 2 is 1.84 bits per heavy atom. The molecule has 0 spiro atoms. The molecule has 0 unspecified atom stereocenters. The lowest BCUT2D eigenvalue weighted by Crippen LogP contribution is -2.44. The van der Waals surface area contributed by atoms with Gasteiger partial charge in [0.1, 0.15) is 6.04 Å². The Hall–Kier alpha value is -2.24. The molecule has 0 radical (unpaired) electrons. The number of unbranched alkanes of at least 4 members (excludes halogenated alkanes) is 2. The van der Waals surface area contributed by atoms with E-state index in [1.807, 2.05) is 12.1 Å². The molecule has 0 bridgehead atoms. The molecular weight excluding hydrogens is 404 g/mol. The zero-order valence-corrected chi connectivity index (χ0v) is 19.3. The predicted octanol–water partition coefficient (Wildman–Crippen LogP) is 4.65. The molecule has 1 aliphatic carbocycles. The van der Waals surface area contributed by atoms with E-state index in [1.54, 1.807) is 12.4 Å². The van der Waals surface area contributed by atoms with Gasteiger partial charge in [0.2, 0.25) is 5.78 Å². The molecule has 2 heterocycles. The van der Waals surface area contributed by atoms with Crippen LogP contribution in [0.25, 0.3) is 0 Å². The highest BCUT2D eigenvalue weighted by atomic mass is 16.5. The number of ketones is 1. The van der Waals surface area contributed by atoms with Crippen molar-refractivity contribution in [1.82, 2.24) is 9.88 Å². The number of amides is 1. The third-order valence-electron chi connectivity index (χ3n) is 6.84. The zero-order chi connectivity index (χ0) is 22.6. The standard InChI is InChI=1S/C26H38N2O4/c29-24(16-6-2-5-12-21-10-3-1-4-11-21)25(30)28-18-8-15-23(28)26(31)32-19-9-14-22-13-7-17-27-20-22/h7,13,17,20-21,23H,1-6,8-12,14-16,18-19H2/t23-/m0/s1. The number of aryl methyl sites for hydroxylation is 1. The second-order valence-electron chi connectivity index (χ2n) is 9.32. The molecule has 2 aliphatic rings. The van der Waals surface area contributed by atoms with Crippen molar-refractivity contribution in [2.45, 2.75) is 95.9 Å². The van der Waals surface area contributed by atoms with Gasteiger partial charge in [-0.2, -0.15) is 0 Å². The molecule has 1 saturated heterocycles. The summed E-state index contributed by atoms with van der Waals surface area (Å²) in [5.41, 5.74) is 1.10. The monoisotopic (exact) mass is 442 g/mol. The average Bonchev–Trinajstić information content (AvgIpc) is 3.32. The Balaban J connectivity index is 1.32. The molecule has 1 aliphatic heterocycles. The van der Waals surface area contributed by atoms with E-state index in [9.17, 15) is 14.4 Å². The first-order valence-electron chi connectivity index (χ1n) is 12.5. The van der Waals surface area contributed by atoms with E-state index in [1.165, 1.54) is 43.4 Å². The molecule has 3 rings (SSSR count). The van der Waals surface area contributed by atoms with Crippen LogP contribution >= 0.6 is 0 Å². The lowest BCUT2D eigenvalue weighted by atomic mass is 9.85. The normalized spacial score (nSPS) is 19.1. The maximum absolute atomic E-state index is 12.6. The number of Topliss-reactive ketones (excluding diaryl/α,β-unsaturated/α-hetero) is 1. The van der Waals surface area contributed by atoms with Crippen LogP contribution in [-0.2, 0) is 25.5 Å². The van der Waals surface area contributed by atoms with Crippen LogP contribution in [-0.4, -0.2) is 46.7 Å². The van der Waals surface area contributed by atoms with Crippen LogP contribution in [0.1, 0.15) is 89.0 Å². The third-order valence-corrected chi connectivity index (χ3v) is 6.84. The first-order chi connectivity index (χ1) is 15.6. The van der Waals surface area contributed by atoms with Crippen LogP contribution in [0.15, 0.2) is 24.5 Å². The number of likely N-dealkylation sites (tertiary alicyclic amines) is 1. The molecule has 6 heteroatoms. The number of aromatic nitrogens is 1. The molecule has 176 valence electrons. The summed E-state index contributed by atoms with van der Waals surface area (Å²) in [6, 6.07) is 3.27. The highest BCUT2D eigenvalue weighted by molar-refractivity contribution is 6.36. The largest absolute Gasteiger partial charge is 0.464 e. The van der Waals surface area contributed by atoms with Crippen molar-refractivity contribution in [2.24, 2.45) is 5.92 Å². The molecule has 32 heavy (non-hydrogen) atoms. The van der Waals surface area contributed by atoms with Gasteiger partial charge in [-0.3, -0.25) is 14.6 Å². The van der Waals surface area contributed by atoms with Gasteiger partial charge in [-0.25, -0.2) is 4.79 Å². The Labute approximate surface area is 192 Å². The third kappa shape index (κ3) is 7.72. The number of esters is 1. The second-order valence-corrected chi connectivity index (χ2v) is 9.32. The van der Waals surface area contributed by atoms with E-state index in [2.05, 4.69) is 4.98 Å². The smallest absolute Gasteiger partial charge is 0.328 e. The fourth-order valence-corrected chi connectivity index (χ4v) is 4.98. The van der Waals surface area contributed by atoms with Gasteiger partial charge < -0.3 is 9.64 Å². The summed E-state index contributed by atoms with van der Waals surface area (Å²) in [6.45, 7) is 0.767. The quantitative estimate of drug-likeness (QED) is 0.268. The van der Waals surface area contributed by atoms with Crippen LogP contribution in [0.3, 0.4) is 0 Å². The van der Waals surface area contributed by atoms with E-state index in [-0.39, 0.29) is 18.2 Å². The number of hydrogen-bond donors (Lipinski definition) is 0. The van der Waals surface area contributed by atoms with E-state index >= 15 is 0 Å². The summed E-state index contributed by atoms with van der Waals surface area (Å²) in [4.78, 5) is 43.1. The van der Waals surface area contributed by atoms with Crippen LogP contribution in [0.5, 0.6) is 0 Å². The molecule has 1 aromatic rings. The molecule has 1 saturated carbocycles. The summed E-state index contributed by atoms with van der Waals surface area (Å²) < 4.78 is 5.41. The van der Waals surface area contributed by atoms with Crippen molar-refractivity contribution in [3.63, 3.8) is 0 Å². The number of rotatable bonds is 12. The van der Waals surface area contributed by atoms with Crippen molar-refractivity contribution in [2.75, 3.05) is 13.2 Å². The molecule has 2 fully saturated rings. The SMILES string of the molecule is O=C(CCCCCC1CCCCC1)C(=O)N1CCC[C@H]1C(=O)OCCCc1cccnc1. The highest BCUT2D eigenvalue weighted by Crippen LogP contribution is 2.28. The lowest BCUT2D eigenvalue weighted by Gasteiger charge is -2.22. The summed E-state index contributed by atoms with van der Waals surface area (Å²) in [7, 11) is 0. The highest BCUT2D eigenvalue weighted by Gasteiger charge is 2.37. The fourth-order valence-electron chi connectivity index (χ4n) is 4.98. The molecule has 0 aromatic carbocycles. The maximum Gasteiger partial charge on any atom is 0.328 e. The Morgan fingerprint density at radius 1 is 1.00 bits per heavy atom. The van der Waals surface area contributed by atoms with Gasteiger partial charge >= 0.3 is 5.97 Å². The van der Waals surface area contributed by atoms with Gasteiger partial charge in [0.25, 0.3) is 5.91 Å². The van der Waals surface area contributed by atoms with Crippen LogP contribution in [0.2, 0.25) is 0 Å². The first kappa shape index (κ1) is 24.4. The molecule has 1 aromatic heterocycles. The molecule has 1 atom stereocenters. The Morgan fingerprint density at radius 3 is 2.62 bits per heavy atom. The molecule has 6 nitrogen and oxygen atoms in total. The minimum atomic E-state index is -0.615. The zero-order valence-electron chi connectivity index (χ0n) is 19.3. The van der Waals surface area contributed by atoms with Crippen molar-refractivity contribution < 1.29 is 19.1 Å². The topological polar surface area (TPSA) is 76.6 Å². The first-order valence-corrected chi connectivity index (χ1v) is 12.5. The van der Waals surface area contributed by atoms with Crippen LogP contribution in [0.4, 0.5) is 0 Å². The van der Waals surface area contributed by atoms with Crippen molar-refractivity contribution in [3.8, 4) is 0 Å². The van der Waals surface area contributed by atoms with Gasteiger partial charge in [0, 0.05) is 25.4 Å². The van der Waals surface area contributed by atoms with Gasteiger partial charge in [-0.1, -0.05) is 57.4 Å². The number of pyridine rings is 1. The lowest BCUT2D eigenvalue weighted by molar-refractivity contribution is -0.155. The van der Waals surface area contributed by atoms with Gasteiger partial charge in [-0.15, -0.1) is 0 Å². The molecule has 0 N–H and O–H groups in total. The number of carbonyl (C=O) groups excluding carboxylic acids is 3. The van der Waals surface area contributed by atoms with E-state index < -0.39 is 11.9 Å². The number of hydrogen-bond acceptors (Lipinski definition) is 5. The minimum absolute atomic E-state index is 0.285. The predicted molar refractivity (Wildman–Crippen MR) is 123 cm³/mol. The average molecular weight is 443 g/mol. The number of ether oxygens (including phenoxy) is 1. The van der Waals surface area contributed by atoms with E-state index in [0.717, 1.165) is 43.6 Å². The Bertz CT molecular complexity index is 731. The summed E-state index contributed by atoms with van der Waals surface area (Å²) in [6.07, 6.45) is 17.6. The molecular formula is C26H38N2O4. The fraction of sp³-hybridized carbons (Fsp3) is 0.692.